The number of ether oxygens (including phenoxy) is 1. The van der Waals surface area contributed by atoms with E-state index < -0.39 is 30.4 Å². The summed E-state index contributed by atoms with van der Waals surface area (Å²) in [6.07, 6.45) is 6.37. The van der Waals surface area contributed by atoms with Gasteiger partial charge in [0.05, 0.1) is 12.4 Å². The zero-order valence-corrected chi connectivity index (χ0v) is 19.1. The van der Waals surface area contributed by atoms with E-state index in [0.717, 1.165) is 18.9 Å². The van der Waals surface area contributed by atoms with E-state index in [4.69, 9.17) is 16.2 Å². The normalized spacial score (nSPS) is 26.2. The molecule has 2 aromatic heterocycles. The van der Waals surface area contributed by atoms with Crippen molar-refractivity contribution < 1.29 is 19.7 Å². The van der Waals surface area contributed by atoms with Crippen molar-refractivity contribution >= 4 is 28.8 Å². The van der Waals surface area contributed by atoms with E-state index in [1.807, 2.05) is 11.9 Å². The van der Waals surface area contributed by atoms with Crippen LogP contribution in [0.3, 0.4) is 0 Å². The van der Waals surface area contributed by atoms with Crippen LogP contribution in [0.1, 0.15) is 64.0 Å². The average Bonchev–Trinajstić information content (AvgIpc) is 3.34. The fraction of sp³-hybridized carbons (Fsp3) is 0.727. The third-order valence-corrected chi connectivity index (χ3v) is 6.90. The van der Waals surface area contributed by atoms with Gasteiger partial charge in [-0.15, -0.1) is 0 Å². The number of amides is 1. The van der Waals surface area contributed by atoms with E-state index in [2.05, 4.69) is 15.0 Å². The first-order chi connectivity index (χ1) is 15.8. The maximum atomic E-state index is 11.0. The molecule has 2 unspecified atom stereocenters. The summed E-state index contributed by atoms with van der Waals surface area (Å²) in [6, 6.07) is 0. The summed E-state index contributed by atoms with van der Waals surface area (Å²) in [6.45, 7) is 0.826. The van der Waals surface area contributed by atoms with Crippen LogP contribution in [-0.2, 0) is 9.53 Å². The smallest absolute Gasteiger partial charge is 0.229 e. The molecule has 1 saturated heterocycles. The molecule has 4 rings (SSSR count). The molecule has 1 aliphatic carbocycles. The molecule has 3 heterocycles. The molecule has 0 radical (unpaired) electrons. The lowest BCUT2D eigenvalue weighted by molar-refractivity contribution is -0.118. The van der Waals surface area contributed by atoms with Crippen LogP contribution < -0.4 is 16.4 Å². The third-order valence-electron chi connectivity index (χ3n) is 6.90. The summed E-state index contributed by atoms with van der Waals surface area (Å²) in [7, 11) is 1.95. The number of aliphatic hydroxyl groups is 2. The van der Waals surface area contributed by atoms with Crippen LogP contribution in [0.15, 0.2) is 6.33 Å². The number of imidazole rings is 1. The van der Waals surface area contributed by atoms with Crippen molar-refractivity contribution in [1.82, 2.24) is 19.5 Å². The number of hydrogen-bond donors (Lipinski definition) is 4. The van der Waals surface area contributed by atoms with Crippen LogP contribution in [0.25, 0.3) is 11.2 Å². The van der Waals surface area contributed by atoms with Crippen LogP contribution in [-0.4, -0.2) is 67.5 Å². The molecule has 11 nitrogen and oxygen atoms in total. The predicted octanol–water partition coefficient (Wildman–Crippen LogP) is 1.09. The third kappa shape index (κ3) is 5.20. The van der Waals surface area contributed by atoms with Crippen molar-refractivity contribution in [1.29, 1.82) is 0 Å². The van der Waals surface area contributed by atoms with Gasteiger partial charge in [-0.1, -0.05) is 32.1 Å². The summed E-state index contributed by atoms with van der Waals surface area (Å²) in [5.74, 6) is 1.07. The minimum Gasteiger partial charge on any atom is -0.388 e. The molecule has 0 bridgehead atoms. The molecule has 1 saturated carbocycles. The van der Waals surface area contributed by atoms with Gasteiger partial charge in [0.2, 0.25) is 11.9 Å². The Labute approximate surface area is 193 Å². The summed E-state index contributed by atoms with van der Waals surface area (Å²) < 4.78 is 7.53. The lowest BCUT2D eigenvalue weighted by Gasteiger charge is -2.25. The van der Waals surface area contributed by atoms with Crippen LogP contribution in [0.4, 0.5) is 11.8 Å². The van der Waals surface area contributed by atoms with Crippen LogP contribution in [0, 0.1) is 5.92 Å². The number of primary amides is 1. The largest absolute Gasteiger partial charge is 0.388 e. The lowest BCUT2D eigenvalue weighted by Crippen LogP contribution is -2.31. The molecule has 1 aliphatic heterocycles. The highest BCUT2D eigenvalue weighted by Gasteiger charge is 2.44. The number of carbonyl (C=O) groups excluding carboxylic acids is 1. The molecule has 4 atom stereocenters. The summed E-state index contributed by atoms with van der Waals surface area (Å²) in [5.41, 5.74) is 12.2. The van der Waals surface area contributed by atoms with E-state index in [1.54, 1.807) is 4.57 Å². The highest BCUT2D eigenvalue weighted by Crippen LogP contribution is 2.34. The van der Waals surface area contributed by atoms with Crippen molar-refractivity contribution in [2.45, 2.75) is 82.3 Å². The molecule has 2 aliphatic rings. The zero-order valence-electron chi connectivity index (χ0n) is 19.1. The Kier molecular flexibility index (Phi) is 7.30. The lowest BCUT2D eigenvalue weighted by atomic mass is 9.87. The SMILES string of the molecule is CN(CCC1CCCCC1)c1nc(N)c2ncn([C@@H]3O[C@H](CCCC(N)=O)C(O)C3O)c2n1. The number of aliphatic hydroxyl groups excluding tert-OH is 2. The molecule has 2 fully saturated rings. The van der Waals surface area contributed by atoms with Gasteiger partial charge in [0, 0.05) is 20.0 Å². The van der Waals surface area contributed by atoms with E-state index in [-0.39, 0.29) is 12.2 Å². The van der Waals surface area contributed by atoms with Gasteiger partial charge in [0.15, 0.2) is 17.7 Å². The molecular formula is C22H35N7O4. The van der Waals surface area contributed by atoms with E-state index in [0.29, 0.717) is 30.0 Å². The topological polar surface area (TPSA) is 166 Å². The monoisotopic (exact) mass is 461 g/mol. The van der Waals surface area contributed by atoms with Gasteiger partial charge in [-0.25, -0.2) is 4.98 Å². The van der Waals surface area contributed by atoms with Gasteiger partial charge in [-0.2, -0.15) is 9.97 Å². The van der Waals surface area contributed by atoms with Crippen molar-refractivity contribution in [3.63, 3.8) is 0 Å². The predicted molar refractivity (Wildman–Crippen MR) is 123 cm³/mol. The van der Waals surface area contributed by atoms with E-state index in [1.165, 1.54) is 38.4 Å². The number of aromatic nitrogens is 4. The summed E-state index contributed by atoms with van der Waals surface area (Å²) in [5, 5.41) is 21.1. The van der Waals surface area contributed by atoms with Crippen LogP contribution >= 0.6 is 0 Å². The number of nitrogen functional groups attached to an aromatic ring is 1. The molecule has 6 N–H and O–H groups in total. The Morgan fingerprint density at radius 1 is 1.21 bits per heavy atom. The van der Waals surface area contributed by atoms with Crippen molar-refractivity contribution in [2.24, 2.45) is 11.7 Å². The second-order valence-corrected chi connectivity index (χ2v) is 9.35. The van der Waals surface area contributed by atoms with E-state index >= 15 is 0 Å². The first-order valence-corrected chi connectivity index (χ1v) is 11.9. The van der Waals surface area contributed by atoms with Crippen molar-refractivity contribution in [3.8, 4) is 0 Å². The number of anilines is 2. The summed E-state index contributed by atoms with van der Waals surface area (Å²) >= 11 is 0. The molecule has 33 heavy (non-hydrogen) atoms. The van der Waals surface area contributed by atoms with Crippen LogP contribution in [0.2, 0.25) is 0 Å². The Morgan fingerprint density at radius 2 is 1.97 bits per heavy atom. The molecule has 11 heteroatoms. The number of fused-ring (bicyclic) bond motifs is 1. The Morgan fingerprint density at radius 3 is 2.70 bits per heavy atom. The van der Waals surface area contributed by atoms with Gasteiger partial charge >= 0.3 is 0 Å². The fourth-order valence-corrected chi connectivity index (χ4v) is 4.91. The van der Waals surface area contributed by atoms with Gasteiger partial charge in [0.1, 0.15) is 17.7 Å². The minimum atomic E-state index is -1.18. The quantitative estimate of drug-likeness (QED) is 0.427. The second kappa shape index (κ2) is 10.2. The number of nitrogens with zero attached hydrogens (tertiary/aromatic N) is 5. The standard InChI is InChI=1S/C22H35N7O4/c1-28(11-10-13-6-3-2-4-7-13)22-26-19(24)16-20(27-22)29(12-25-16)21-18(32)17(31)14(33-21)8-5-9-15(23)30/h12-14,17-18,21,31-32H,2-11H2,1H3,(H2,23,30)(H2,24,26,27)/t14-,17?,18?,21-/m1/s1. The van der Waals surface area contributed by atoms with Crippen molar-refractivity contribution in [2.75, 3.05) is 24.2 Å². The van der Waals surface area contributed by atoms with Gasteiger partial charge < -0.3 is 31.3 Å². The highest BCUT2D eigenvalue weighted by atomic mass is 16.6. The van der Waals surface area contributed by atoms with Crippen molar-refractivity contribution in [3.05, 3.63) is 6.33 Å². The Hall–Kier alpha value is -2.50. The molecule has 1 amide bonds. The number of hydrogen-bond acceptors (Lipinski definition) is 9. The van der Waals surface area contributed by atoms with Gasteiger partial charge in [-0.3, -0.25) is 9.36 Å². The van der Waals surface area contributed by atoms with E-state index in [9.17, 15) is 15.0 Å². The average molecular weight is 462 g/mol. The first-order valence-electron chi connectivity index (χ1n) is 11.9. The molecule has 0 aromatic carbocycles. The highest BCUT2D eigenvalue weighted by molar-refractivity contribution is 5.83. The Bertz CT molecular complexity index is 962. The number of rotatable bonds is 9. The van der Waals surface area contributed by atoms with Gasteiger partial charge in [-0.05, 0) is 25.2 Å². The molecule has 182 valence electrons. The zero-order chi connectivity index (χ0) is 23.5. The maximum Gasteiger partial charge on any atom is 0.229 e. The van der Waals surface area contributed by atoms with Crippen LogP contribution in [0.5, 0.6) is 0 Å². The molecule has 2 aromatic rings. The van der Waals surface area contributed by atoms with Gasteiger partial charge in [0.25, 0.3) is 0 Å². The first kappa shape index (κ1) is 23.7. The molecule has 0 spiro atoms. The number of nitrogens with two attached hydrogens (primary N) is 2. The molecular weight excluding hydrogens is 426 g/mol. The fourth-order valence-electron chi connectivity index (χ4n) is 4.91. The number of carbonyl (C=O) groups is 1. The minimum absolute atomic E-state index is 0.196. The Balaban J connectivity index is 1.50. The maximum absolute atomic E-state index is 11.0. The summed E-state index contributed by atoms with van der Waals surface area (Å²) in [4.78, 5) is 26.4. The second-order valence-electron chi connectivity index (χ2n) is 9.35.